The zero-order valence-corrected chi connectivity index (χ0v) is 21.0. The van der Waals surface area contributed by atoms with Crippen LogP contribution in [-0.4, -0.2) is 61.2 Å². The van der Waals surface area contributed by atoms with Crippen LogP contribution in [0.4, 0.5) is 18.9 Å². The Labute approximate surface area is 208 Å². The Balaban J connectivity index is 0.000000303. The molecule has 1 aliphatic heterocycles. The molecule has 0 bridgehead atoms. The van der Waals surface area contributed by atoms with E-state index in [0.29, 0.717) is 37.5 Å². The minimum Gasteiger partial charge on any atom is -0.496 e. The van der Waals surface area contributed by atoms with Crippen molar-refractivity contribution in [2.24, 2.45) is 0 Å². The topological polar surface area (TPSA) is 61.9 Å². The van der Waals surface area contributed by atoms with E-state index in [1.165, 1.54) is 12.1 Å². The second-order valence-electron chi connectivity index (χ2n) is 7.85. The van der Waals surface area contributed by atoms with Gasteiger partial charge in [0.2, 0.25) is 6.41 Å². The van der Waals surface area contributed by atoms with Crippen molar-refractivity contribution in [3.05, 3.63) is 59.2 Å². The zero-order chi connectivity index (χ0) is 25.8. The first-order valence-electron chi connectivity index (χ1n) is 11.4. The number of benzene rings is 2. The standard InChI is InChI=1S/C16H23N3O3S.C9H9F3/c1-3-10-23-17-13-4-5-14(15(11-13)22-2)16(21)19-8-6-18(12-20)7-9-19;1-2-7-3-5-8(6-4-7)9(10,11)12/h4-5,11-12,17H,3,6-10H2,1-2H3;3-6H,2H2,1H3. The van der Waals surface area contributed by atoms with Crippen molar-refractivity contribution >= 4 is 30.0 Å². The Kier molecular flexibility index (Phi) is 11.2. The first kappa shape index (κ1) is 28.4. The van der Waals surface area contributed by atoms with Gasteiger partial charge in [-0.1, -0.05) is 37.9 Å². The maximum Gasteiger partial charge on any atom is 0.416 e. The summed E-state index contributed by atoms with van der Waals surface area (Å²) < 4.78 is 44.7. The van der Waals surface area contributed by atoms with Crippen LogP contribution >= 0.6 is 11.9 Å². The predicted octanol–water partition coefficient (Wildman–Crippen LogP) is 5.35. The van der Waals surface area contributed by atoms with Gasteiger partial charge in [-0.3, -0.25) is 9.59 Å². The van der Waals surface area contributed by atoms with Gasteiger partial charge in [0.05, 0.1) is 18.2 Å². The smallest absolute Gasteiger partial charge is 0.416 e. The molecule has 1 saturated heterocycles. The van der Waals surface area contributed by atoms with Crippen molar-refractivity contribution in [2.75, 3.05) is 43.8 Å². The molecule has 0 unspecified atom stereocenters. The number of nitrogens with zero attached hydrogens (tertiary/aromatic N) is 2. The van der Waals surface area contributed by atoms with Crippen LogP contribution in [0.3, 0.4) is 0 Å². The van der Waals surface area contributed by atoms with Gasteiger partial charge in [0.15, 0.2) is 0 Å². The van der Waals surface area contributed by atoms with E-state index in [9.17, 15) is 22.8 Å². The van der Waals surface area contributed by atoms with E-state index in [4.69, 9.17) is 4.74 Å². The second-order valence-corrected chi connectivity index (χ2v) is 8.75. The summed E-state index contributed by atoms with van der Waals surface area (Å²) in [6.45, 7) is 6.28. The molecule has 1 fully saturated rings. The summed E-state index contributed by atoms with van der Waals surface area (Å²) in [5, 5.41) is 0. The monoisotopic (exact) mass is 511 g/mol. The average Bonchev–Trinajstić information content (AvgIpc) is 2.88. The van der Waals surface area contributed by atoms with Crippen molar-refractivity contribution in [3.8, 4) is 5.75 Å². The van der Waals surface area contributed by atoms with E-state index in [0.717, 1.165) is 48.4 Å². The van der Waals surface area contributed by atoms with Gasteiger partial charge in [0.1, 0.15) is 5.75 Å². The van der Waals surface area contributed by atoms with Crippen molar-refractivity contribution in [3.63, 3.8) is 0 Å². The molecular formula is C25H32F3N3O3S. The van der Waals surface area contributed by atoms with Crippen molar-refractivity contribution < 1.29 is 27.5 Å². The molecular weight excluding hydrogens is 479 g/mol. The number of amides is 2. The maximum absolute atomic E-state index is 12.7. The lowest BCUT2D eigenvalue weighted by Crippen LogP contribution is -2.48. The van der Waals surface area contributed by atoms with Gasteiger partial charge in [0, 0.05) is 43.7 Å². The molecule has 35 heavy (non-hydrogen) atoms. The number of anilines is 1. The Morgan fingerprint density at radius 3 is 2.26 bits per heavy atom. The van der Waals surface area contributed by atoms with Gasteiger partial charge in [-0.05, 0) is 42.7 Å². The second kappa shape index (κ2) is 13.9. The molecule has 2 aromatic carbocycles. The van der Waals surface area contributed by atoms with Gasteiger partial charge in [-0.2, -0.15) is 13.2 Å². The van der Waals surface area contributed by atoms with Gasteiger partial charge < -0.3 is 19.3 Å². The van der Waals surface area contributed by atoms with Crippen LogP contribution in [0.15, 0.2) is 42.5 Å². The average molecular weight is 512 g/mol. The van der Waals surface area contributed by atoms with E-state index in [1.54, 1.807) is 34.9 Å². The molecule has 0 aromatic heterocycles. The Morgan fingerprint density at radius 2 is 1.74 bits per heavy atom. The molecule has 3 rings (SSSR count). The van der Waals surface area contributed by atoms with Crippen LogP contribution in [-0.2, 0) is 17.4 Å². The molecule has 0 radical (unpaired) electrons. The third-order valence-corrected chi connectivity index (χ3v) is 6.36. The molecule has 192 valence electrons. The highest BCUT2D eigenvalue weighted by Gasteiger charge is 2.29. The lowest BCUT2D eigenvalue weighted by molar-refractivity contribution is -0.137. The minimum absolute atomic E-state index is 0.0554. The Bertz CT molecular complexity index is 947. The first-order chi connectivity index (χ1) is 16.7. The molecule has 6 nitrogen and oxygen atoms in total. The van der Waals surface area contributed by atoms with E-state index in [-0.39, 0.29) is 5.91 Å². The lowest BCUT2D eigenvalue weighted by atomic mass is 10.1. The molecule has 2 aromatic rings. The third kappa shape index (κ3) is 8.69. The predicted molar refractivity (Wildman–Crippen MR) is 134 cm³/mol. The van der Waals surface area contributed by atoms with Crippen LogP contribution in [0, 0.1) is 0 Å². The van der Waals surface area contributed by atoms with E-state index < -0.39 is 11.7 Å². The zero-order valence-electron chi connectivity index (χ0n) is 20.2. The Morgan fingerprint density at radius 1 is 1.09 bits per heavy atom. The van der Waals surface area contributed by atoms with Gasteiger partial charge in [-0.25, -0.2) is 0 Å². The number of aryl methyl sites for hydroxylation is 1. The number of carbonyl (C=O) groups excluding carboxylic acids is 2. The fourth-order valence-corrected chi connectivity index (χ4v) is 3.90. The summed E-state index contributed by atoms with van der Waals surface area (Å²) in [5.74, 6) is 1.53. The fraction of sp³-hybridized carbons (Fsp3) is 0.440. The van der Waals surface area contributed by atoms with Crippen LogP contribution in [0.5, 0.6) is 5.75 Å². The molecule has 0 saturated carbocycles. The summed E-state index contributed by atoms with van der Waals surface area (Å²) in [5.41, 5.74) is 1.81. The summed E-state index contributed by atoms with van der Waals surface area (Å²) in [7, 11) is 1.57. The third-order valence-electron chi connectivity index (χ3n) is 5.37. The van der Waals surface area contributed by atoms with Crippen LogP contribution in [0.25, 0.3) is 0 Å². The molecule has 1 heterocycles. The van der Waals surface area contributed by atoms with Crippen LogP contribution in [0.1, 0.15) is 41.8 Å². The van der Waals surface area contributed by atoms with Crippen molar-refractivity contribution in [2.45, 2.75) is 32.9 Å². The largest absolute Gasteiger partial charge is 0.496 e. The van der Waals surface area contributed by atoms with Gasteiger partial charge in [-0.15, -0.1) is 0 Å². The summed E-state index contributed by atoms with van der Waals surface area (Å²) in [6, 6.07) is 10.8. The van der Waals surface area contributed by atoms with Crippen LogP contribution < -0.4 is 9.46 Å². The van der Waals surface area contributed by atoms with E-state index >= 15 is 0 Å². The molecule has 1 N–H and O–H groups in total. The summed E-state index contributed by atoms with van der Waals surface area (Å²) in [4.78, 5) is 26.8. The Hall–Kier alpha value is -2.88. The number of hydrogen-bond donors (Lipinski definition) is 1. The maximum atomic E-state index is 12.7. The molecule has 0 atom stereocenters. The highest BCUT2D eigenvalue weighted by Crippen LogP contribution is 2.29. The lowest BCUT2D eigenvalue weighted by Gasteiger charge is -2.32. The summed E-state index contributed by atoms with van der Waals surface area (Å²) >= 11 is 1.63. The molecule has 1 aliphatic rings. The van der Waals surface area contributed by atoms with Gasteiger partial charge >= 0.3 is 6.18 Å². The number of alkyl halides is 3. The normalized spacial score (nSPS) is 13.5. The first-order valence-corrected chi connectivity index (χ1v) is 12.4. The fourth-order valence-electron chi connectivity index (χ4n) is 3.30. The van der Waals surface area contributed by atoms with Crippen molar-refractivity contribution in [1.82, 2.24) is 9.80 Å². The molecule has 0 aliphatic carbocycles. The highest BCUT2D eigenvalue weighted by molar-refractivity contribution is 8.00. The number of ether oxygens (including phenoxy) is 1. The quantitative estimate of drug-likeness (QED) is 0.294. The number of nitrogens with one attached hydrogen (secondary N) is 1. The summed E-state index contributed by atoms with van der Waals surface area (Å²) in [6.07, 6.45) is -1.53. The number of halogens is 3. The number of methoxy groups -OCH3 is 1. The number of hydrogen-bond acceptors (Lipinski definition) is 5. The van der Waals surface area contributed by atoms with Gasteiger partial charge in [0.25, 0.3) is 5.91 Å². The number of piperazine rings is 1. The minimum atomic E-state index is -4.22. The van der Waals surface area contributed by atoms with Crippen molar-refractivity contribution in [1.29, 1.82) is 0 Å². The highest BCUT2D eigenvalue weighted by atomic mass is 32.2. The number of carbonyl (C=O) groups is 2. The molecule has 10 heteroatoms. The SMILES string of the molecule is CCCSNc1ccc(C(=O)N2CCN(C=O)CC2)c(OC)c1.CCc1ccc(C(F)(F)F)cc1. The van der Waals surface area contributed by atoms with E-state index in [2.05, 4.69) is 11.6 Å². The van der Waals surface area contributed by atoms with Crippen LogP contribution in [0.2, 0.25) is 0 Å². The van der Waals surface area contributed by atoms with E-state index in [1.807, 2.05) is 19.1 Å². The molecule has 2 amide bonds. The molecule has 0 spiro atoms. The number of rotatable bonds is 8.